The van der Waals surface area contributed by atoms with Crippen molar-refractivity contribution in [1.29, 1.82) is 0 Å². The zero-order chi connectivity index (χ0) is 18.6. The minimum absolute atomic E-state index is 0.120. The van der Waals surface area contributed by atoms with Gasteiger partial charge in [0.25, 0.3) is 10.0 Å². The summed E-state index contributed by atoms with van der Waals surface area (Å²) in [7, 11) is -3.70. The summed E-state index contributed by atoms with van der Waals surface area (Å²) in [6, 6.07) is 14.9. The van der Waals surface area contributed by atoms with Crippen molar-refractivity contribution in [3.05, 3.63) is 60.2 Å². The van der Waals surface area contributed by atoms with Crippen molar-refractivity contribution >= 4 is 21.7 Å². The largest absolute Gasteiger partial charge is 0.481 e. The Morgan fingerprint density at radius 1 is 1.04 bits per heavy atom. The molecule has 2 aromatic carbocycles. The molecule has 5 nitrogen and oxygen atoms in total. The van der Waals surface area contributed by atoms with Crippen molar-refractivity contribution in [3.8, 4) is 0 Å². The molecule has 0 aliphatic heterocycles. The lowest BCUT2D eigenvalue weighted by molar-refractivity contribution is -0.139. The first-order valence-electron chi connectivity index (χ1n) is 8.86. The van der Waals surface area contributed by atoms with Gasteiger partial charge in [-0.2, -0.15) is 0 Å². The van der Waals surface area contributed by atoms with E-state index in [1.165, 1.54) is 25.0 Å². The van der Waals surface area contributed by atoms with Crippen molar-refractivity contribution in [2.75, 3.05) is 4.72 Å². The van der Waals surface area contributed by atoms with Crippen molar-refractivity contribution in [3.63, 3.8) is 0 Å². The van der Waals surface area contributed by atoms with E-state index in [1.807, 2.05) is 6.07 Å². The summed E-state index contributed by atoms with van der Waals surface area (Å²) >= 11 is 0. The molecule has 26 heavy (non-hydrogen) atoms. The van der Waals surface area contributed by atoms with Gasteiger partial charge < -0.3 is 5.11 Å². The maximum absolute atomic E-state index is 12.5. The van der Waals surface area contributed by atoms with Gasteiger partial charge in [-0.1, -0.05) is 56.0 Å². The van der Waals surface area contributed by atoms with E-state index in [4.69, 9.17) is 0 Å². The summed E-state index contributed by atoms with van der Waals surface area (Å²) in [5, 5.41) is 9.58. The molecule has 3 rings (SSSR count). The predicted molar refractivity (Wildman–Crippen MR) is 101 cm³/mol. The number of hydrogen-bond donors (Lipinski definition) is 2. The quantitative estimate of drug-likeness (QED) is 0.760. The molecule has 0 bridgehead atoms. The molecule has 1 saturated carbocycles. The number of carboxylic acids is 1. The van der Waals surface area contributed by atoms with E-state index >= 15 is 0 Å². The summed E-state index contributed by atoms with van der Waals surface area (Å²) in [5.74, 6) is -0.994. The first-order valence-corrected chi connectivity index (χ1v) is 10.3. The fourth-order valence-electron chi connectivity index (χ4n) is 3.56. The van der Waals surface area contributed by atoms with Gasteiger partial charge in [0.1, 0.15) is 0 Å². The van der Waals surface area contributed by atoms with Crippen molar-refractivity contribution in [1.82, 2.24) is 0 Å². The number of sulfonamides is 1. The summed E-state index contributed by atoms with van der Waals surface area (Å²) < 4.78 is 27.5. The molecule has 2 aromatic rings. The highest BCUT2D eigenvalue weighted by Crippen LogP contribution is 2.34. The topological polar surface area (TPSA) is 83.5 Å². The van der Waals surface area contributed by atoms with E-state index in [-0.39, 0.29) is 4.90 Å². The Labute approximate surface area is 154 Å². The Morgan fingerprint density at radius 2 is 1.65 bits per heavy atom. The molecule has 0 heterocycles. The third-order valence-electron chi connectivity index (χ3n) is 4.96. The normalized spacial score (nSPS) is 16.3. The molecule has 138 valence electrons. The number of carboxylic acid groups (broad SMARTS) is 1. The molecule has 0 spiro atoms. The number of nitrogens with one attached hydrogen (secondary N) is 1. The van der Waals surface area contributed by atoms with E-state index in [9.17, 15) is 18.3 Å². The second kappa shape index (κ2) is 7.91. The maximum Gasteiger partial charge on any atom is 0.310 e. The van der Waals surface area contributed by atoms with Crippen LogP contribution >= 0.6 is 0 Å². The predicted octanol–water partition coefficient (Wildman–Crippen LogP) is 4.24. The third kappa shape index (κ3) is 4.43. The Bertz CT molecular complexity index is 841. The van der Waals surface area contributed by atoms with Crippen LogP contribution in [0.3, 0.4) is 0 Å². The number of carbonyl (C=O) groups is 1. The molecule has 0 aromatic heterocycles. The zero-order valence-corrected chi connectivity index (χ0v) is 15.3. The molecule has 1 atom stereocenters. The number of benzene rings is 2. The molecule has 0 radical (unpaired) electrons. The molecule has 1 aliphatic carbocycles. The average molecular weight is 373 g/mol. The van der Waals surface area contributed by atoms with Gasteiger partial charge >= 0.3 is 5.97 Å². The molecular weight excluding hydrogens is 350 g/mol. The molecule has 1 fully saturated rings. The van der Waals surface area contributed by atoms with Crippen LogP contribution in [0.15, 0.2) is 59.5 Å². The molecule has 1 aliphatic rings. The second-order valence-corrected chi connectivity index (χ2v) is 8.50. The molecule has 6 heteroatoms. The van der Waals surface area contributed by atoms with E-state index in [0.29, 0.717) is 23.6 Å². The molecule has 1 unspecified atom stereocenters. The van der Waals surface area contributed by atoms with Crippen LogP contribution in [0.1, 0.15) is 43.6 Å². The van der Waals surface area contributed by atoms with Crippen LogP contribution in [-0.2, 0) is 14.8 Å². The Morgan fingerprint density at radius 3 is 2.23 bits per heavy atom. The summed E-state index contributed by atoms with van der Waals surface area (Å²) in [5.41, 5.74) is 1.14. The van der Waals surface area contributed by atoms with Crippen LogP contribution < -0.4 is 4.72 Å². The van der Waals surface area contributed by atoms with E-state index in [0.717, 1.165) is 12.8 Å². The van der Waals surface area contributed by atoms with E-state index in [2.05, 4.69) is 4.72 Å². The van der Waals surface area contributed by atoms with Gasteiger partial charge in [0.15, 0.2) is 0 Å². The number of rotatable bonds is 7. The smallest absolute Gasteiger partial charge is 0.310 e. The van der Waals surface area contributed by atoms with E-state index in [1.54, 1.807) is 36.4 Å². The Hall–Kier alpha value is -2.34. The number of hydrogen-bond acceptors (Lipinski definition) is 3. The van der Waals surface area contributed by atoms with Crippen LogP contribution in [0, 0.1) is 5.92 Å². The highest BCUT2D eigenvalue weighted by Gasteiger charge is 2.26. The Balaban J connectivity index is 1.76. The summed E-state index contributed by atoms with van der Waals surface area (Å²) in [4.78, 5) is 11.8. The average Bonchev–Trinajstić information content (AvgIpc) is 3.13. The standard InChI is InChI=1S/C20H23NO4S/c22-20(23)19(14-15-6-4-5-7-15)16-10-12-18(13-11-16)26(24,25)21-17-8-2-1-3-9-17/h1-3,8-13,15,19,21H,4-7,14H2,(H,22,23). The lowest BCUT2D eigenvalue weighted by Crippen LogP contribution is -2.16. The molecular formula is C20H23NO4S. The van der Waals surface area contributed by atoms with Crippen molar-refractivity contribution in [2.45, 2.75) is 42.9 Å². The van der Waals surface area contributed by atoms with Gasteiger partial charge in [-0.15, -0.1) is 0 Å². The van der Waals surface area contributed by atoms with Crippen LogP contribution in [0.25, 0.3) is 0 Å². The molecule has 0 amide bonds. The second-order valence-electron chi connectivity index (χ2n) is 6.82. The van der Waals surface area contributed by atoms with Crippen molar-refractivity contribution in [2.24, 2.45) is 5.92 Å². The Kier molecular flexibility index (Phi) is 5.61. The fourth-order valence-corrected chi connectivity index (χ4v) is 4.62. The molecule has 0 saturated heterocycles. The van der Waals surface area contributed by atoms with Crippen LogP contribution in [0.2, 0.25) is 0 Å². The summed E-state index contributed by atoms with van der Waals surface area (Å²) in [6.07, 6.45) is 5.11. The highest BCUT2D eigenvalue weighted by atomic mass is 32.2. The number of anilines is 1. The lowest BCUT2D eigenvalue weighted by Gasteiger charge is -2.17. The van der Waals surface area contributed by atoms with Crippen LogP contribution in [0.4, 0.5) is 5.69 Å². The van der Waals surface area contributed by atoms with Gasteiger partial charge in [-0.25, -0.2) is 8.42 Å². The third-order valence-corrected chi connectivity index (χ3v) is 6.36. The summed E-state index contributed by atoms with van der Waals surface area (Å²) in [6.45, 7) is 0. The van der Waals surface area contributed by atoms with Gasteiger partial charge in [-0.05, 0) is 42.2 Å². The fraction of sp³-hybridized carbons (Fsp3) is 0.350. The minimum Gasteiger partial charge on any atom is -0.481 e. The van der Waals surface area contributed by atoms with Gasteiger partial charge in [0.05, 0.1) is 10.8 Å². The van der Waals surface area contributed by atoms with Gasteiger partial charge in [-0.3, -0.25) is 9.52 Å². The number of para-hydroxylation sites is 1. The molecule has 2 N–H and O–H groups in total. The van der Waals surface area contributed by atoms with Crippen LogP contribution in [0.5, 0.6) is 0 Å². The van der Waals surface area contributed by atoms with Gasteiger partial charge in [0, 0.05) is 5.69 Å². The zero-order valence-electron chi connectivity index (χ0n) is 14.5. The first kappa shape index (κ1) is 18.5. The lowest BCUT2D eigenvalue weighted by atomic mass is 9.88. The first-order chi connectivity index (χ1) is 12.5. The number of aliphatic carboxylic acids is 1. The van der Waals surface area contributed by atoms with E-state index < -0.39 is 21.9 Å². The maximum atomic E-state index is 12.5. The minimum atomic E-state index is -3.70. The van der Waals surface area contributed by atoms with Gasteiger partial charge in [0.2, 0.25) is 0 Å². The van der Waals surface area contributed by atoms with Crippen molar-refractivity contribution < 1.29 is 18.3 Å². The van der Waals surface area contributed by atoms with Crippen LogP contribution in [-0.4, -0.2) is 19.5 Å². The SMILES string of the molecule is O=C(O)C(CC1CCCC1)c1ccc(S(=O)(=O)Nc2ccccc2)cc1. The highest BCUT2D eigenvalue weighted by molar-refractivity contribution is 7.92. The monoisotopic (exact) mass is 373 g/mol.